The molecule has 3 aromatic rings. The highest BCUT2D eigenvalue weighted by Crippen LogP contribution is 2.51. The van der Waals surface area contributed by atoms with Gasteiger partial charge in [-0.2, -0.15) is 26.3 Å². The Morgan fingerprint density at radius 2 is 1.77 bits per heavy atom. The van der Waals surface area contributed by atoms with E-state index in [2.05, 4.69) is 33.1 Å². The average molecular weight is 552 g/mol. The van der Waals surface area contributed by atoms with Crippen molar-refractivity contribution in [2.45, 2.75) is 56.5 Å². The van der Waals surface area contributed by atoms with Crippen molar-refractivity contribution in [3.8, 4) is 0 Å². The summed E-state index contributed by atoms with van der Waals surface area (Å²) in [5.41, 5.74) is -1.77. The zero-order valence-electron chi connectivity index (χ0n) is 21.5. The van der Waals surface area contributed by atoms with Crippen LogP contribution in [0, 0.1) is 11.8 Å². The van der Waals surface area contributed by atoms with Gasteiger partial charge >= 0.3 is 12.4 Å². The van der Waals surface area contributed by atoms with E-state index in [9.17, 15) is 31.4 Å². The first-order valence-electron chi connectivity index (χ1n) is 13.2. The maximum atomic E-state index is 13.4. The van der Waals surface area contributed by atoms with E-state index in [0.717, 1.165) is 19.3 Å². The Kier molecular flexibility index (Phi) is 7.30. The van der Waals surface area contributed by atoms with Crippen LogP contribution in [0.5, 0.6) is 0 Å². The molecule has 39 heavy (non-hydrogen) atoms. The minimum Gasteiger partial charge on any atom is -0.389 e. The lowest BCUT2D eigenvalue weighted by Gasteiger charge is -2.48. The van der Waals surface area contributed by atoms with Gasteiger partial charge in [-0.05, 0) is 74.9 Å². The number of halogens is 6. The fourth-order valence-electron chi connectivity index (χ4n) is 6.12. The number of fused-ring (bicyclic) bond motifs is 3. The van der Waals surface area contributed by atoms with Gasteiger partial charge < -0.3 is 15.0 Å². The summed E-state index contributed by atoms with van der Waals surface area (Å²) < 4.78 is 79.7. The molecular formula is C29H31F6N3O. The molecule has 0 radical (unpaired) electrons. The van der Waals surface area contributed by atoms with Crippen LogP contribution in [0.15, 0.2) is 48.5 Å². The molecule has 0 amide bonds. The first-order valence-corrected chi connectivity index (χ1v) is 13.2. The summed E-state index contributed by atoms with van der Waals surface area (Å²) in [4.78, 5) is 8.69. The quantitative estimate of drug-likeness (QED) is 0.294. The van der Waals surface area contributed by atoms with Crippen molar-refractivity contribution in [3.63, 3.8) is 0 Å². The number of aromatic amines is 1. The molecule has 3 aliphatic carbocycles. The lowest BCUT2D eigenvalue weighted by atomic mass is 9.61. The highest BCUT2D eigenvalue weighted by atomic mass is 19.4. The first kappa shape index (κ1) is 27.7. The molecule has 0 spiro atoms. The summed E-state index contributed by atoms with van der Waals surface area (Å²) in [5, 5.41) is 11.5. The Morgan fingerprint density at radius 1 is 1.03 bits per heavy atom. The van der Waals surface area contributed by atoms with E-state index in [4.69, 9.17) is 0 Å². The summed E-state index contributed by atoms with van der Waals surface area (Å²) >= 11 is 0. The first-order chi connectivity index (χ1) is 18.3. The Bertz CT molecular complexity index is 1350. The van der Waals surface area contributed by atoms with Crippen molar-refractivity contribution in [2.75, 3.05) is 20.1 Å². The van der Waals surface area contributed by atoms with Crippen LogP contribution in [0.25, 0.3) is 16.6 Å². The fourth-order valence-corrected chi connectivity index (χ4v) is 6.12. The number of aromatic nitrogens is 2. The van der Waals surface area contributed by atoms with Crippen LogP contribution in [0.3, 0.4) is 0 Å². The molecule has 6 rings (SSSR count). The number of rotatable bonds is 8. The minimum absolute atomic E-state index is 0.103. The van der Waals surface area contributed by atoms with Gasteiger partial charge in [0.1, 0.15) is 11.3 Å². The van der Waals surface area contributed by atoms with Crippen LogP contribution in [0.4, 0.5) is 26.3 Å². The number of aryl methyl sites for hydroxylation is 1. The van der Waals surface area contributed by atoms with E-state index >= 15 is 0 Å². The topological polar surface area (TPSA) is 52.2 Å². The molecule has 2 N–H and O–H groups in total. The minimum atomic E-state index is -4.96. The lowest BCUT2D eigenvalue weighted by Crippen LogP contribution is -2.48. The Balaban J connectivity index is 1.18. The van der Waals surface area contributed by atoms with Gasteiger partial charge in [0.2, 0.25) is 0 Å². The number of allylic oxidation sites excluding steroid dienone is 1. The molecule has 10 heteroatoms. The van der Waals surface area contributed by atoms with Gasteiger partial charge in [-0.3, -0.25) is 0 Å². The largest absolute Gasteiger partial charge is 0.418 e. The van der Waals surface area contributed by atoms with Crippen molar-refractivity contribution >= 4 is 16.6 Å². The van der Waals surface area contributed by atoms with Crippen LogP contribution < -0.4 is 0 Å². The lowest BCUT2D eigenvalue weighted by molar-refractivity contribution is -0.142. The van der Waals surface area contributed by atoms with Gasteiger partial charge in [-0.15, -0.1) is 0 Å². The highest BCUT2D eigenvalue weighted by Gasteiger charge is 2.46. The molecule has 2 aromatic carbocycles. The second-order valence-corrected chi connectivity index (χ2v) is 10.9. The van der Waals surface area contributed by atoms with Crippen molar-refractivity contribution in [1.29, 1.82) is 0 Å². The van der Waals surface area contributed by atoms with Gasteiger partial charge in [0.25, 0.3) is 0 Å². The van der Waals surface area contributed by atoms with Gasteiger partial charge in [0.15, 0.2) is 0 Å². The Hall–Kier alpha value is -2.85. The normalized spacial score (nSPS) is 23.6. The third kappa shape index (κ3) is 5.87. The zero-order chi connectivity index (χ0) is 28.0. The van der Waals surface area contributed by atoms with Crippen LogP contribution in [-0.4, -0.2) is 45.7 Å². The molecule has 1 saturated carbocycles. The maximum Gasteiger partial charge on any atom is 0.418 e. The zero-order valence-corrected chi connectivity index (χ0v) is 21.5. The summed E-state index contributed by atoms with van der Waals surface area (Å²) in [7, 11) is 1.92. The van der Waals surface area contributed by atoms with E-state index in [1.807, 2.05) is 25.2 Å². The molecule has 4 nitrogen and oxygen atoms in total. The van der Waals surface area contributed by atoms with E-state index in [-0.39, 0.29) is 29.7 Å². The third-order valence-electron chi connectivity index (χ3n) is 8.19. The summed E-state index contributed by atoms with van der Waals surface area (Å²) in [6.07, 6.45) is -3.40. The molecule has 1 fully saturated rings. The van der Waals surface area contributed by atoms with E-state index in [1.54, 1.807) is 0 Å². The summed E-state index contributed by atoms with van der Waals surface area (Å²) in [5.74, 6) is 0.649. The van der Waals surface area contributed by atoms with Crippen molar-refractivity contribution < 1.29 is 31.4 Å². The van der Waals surface area contributed by atoms with Gasteiger partial charge in [0, 0.05) is 18.9 Å². The second-order valence-electron chi connectivity index (χ2n) is 10.9. The number of hydrogen-bond donors (Lipinski definition) is 2. The standard InChI is InChI=1S/C29H31F6N3O/c1-38(13-11-27(39)17-19-9-10-20(27)14-22(19)18-6-3-2-4-7-18)12-5-8-25-36-24-16-21(28(30,31)32)15-23(26(24)37-25)29(33,34)35/h2-4,6-7,14-16,19-20,39H,5,8-13,17H2,1H3,(H,36,37)/t19-,20-,27+/m0/s1. The summed E-state index contributed by atoms with van der Waals surface area (Å²) in [6, 6.07) is 11.1. The maximum absolute atomic E-state index is 13.4. The number of imidazole rings is 1. The molecule has 3 atom stereocenters. The molecule has 3 aliphatic rings. The number of aliphatic hydroxyl groups is 1. The van der Waals surface area contributed by atoms with E-state index in [1.165, 1.54) is 11.1 Å². The number of alkyl halides is 6. The molecule has 210 valence electrons. The molecule has 0 aliphatic heterocycles. The third-order valence-corrected chi connectivity index (χ3v) is 8.19. The predicted molar refractivity (Wildman–Crippen MR) is 137 cm³/mol. The number of H-pyrrole nitrogens is 1. The summed E-state index contributed by atoms with van der Waals surface area (Å²) in [6.45, 7) is 1.26. The van der Waals surface area contributed by atoms with Crippen LogP contribution in [0.1, 0.15) is 54.6 Å². The molecule has 0 saturated heterocycles. The van der Waals surface area contributed by atoms with Gasteiger partial charge in [-0.1, -0.05) is 36.4 Å². The number of hydrogen-bond acceptors (Lipinski definition) is 3. The van der Waals surface area contributed by atoms with Crippen LogP contribution >= 0.6 is 0 Å². The molecule has 1 heterocycles. The Morgan fingerprint density at radius 3 is 2.41 bits per heavy atom. The van der Waals surface area contributed by atoms with E-state index < -0.39 is 34.6 Å². The smallest absolute Gasteiger partial charge is 0.389 e. The van der Waals surface area contributed by atoms with Crippen LogP contribution in [-0.2, 0) is 18.8 Å². The molecular weight excluding hydrogens is 520 g/mol. The molecule has 0 unspecified atom stereocenters. The number of nitrogens with one attached hydrogen (secondary N) is 1. The monoisotopic (exact) mass is 551 g/mol. The number of benzene rings is 2. The van der Waals surface area contributed by atoms with Crippen molar-refractivity contribution in [2.24, 2.45) is 11.8 Å². The predicted octanol–water partition coefficient (Wildman–Crippen LogP) is 7.10. The second kappa shape index (κ2) is 10.3. The van der Waals surface area contributed by atoms with Gasteiger partial charge in [0.05, 0.1) is 22.2 Å². The molecule has 1 aromatic heterocycles. The van der Waals surface area contributed by atoms with Crippen LogP contribution in [0.2, 0.25) is 0 Å². The van der Waals surface area contributed by atoms with Gasteiger partial charge in [-0.25, -0.2) is 4.98 Å². The average Bonchev–Trinajstić information content (AvgIpc) is 3.29. The number of nitrogens with zero attached hydrogens (tertiary/aromatic N) is 2. The van der Waals surface area contributed by atoms with E-state index in [0.29, 0.717) is 37.9 Å². The van der Waals surface area contributed by atoms with Crippen molar-refractivity contribution in [3.05, 3.63) is 71.1 Å². The molecule has 2 bridgehead atoms. The van der Waals surface area contributed by atoms with Crippen molar-refractivity contribution in [1.82, 2.24) is 14.9 Å². The SMILES string of the molecule is CN(CCCc1nc2c(C(F)(F)F)cc(C(F)(F)F)cc2[nH]1)CC[C@@]1(O)C[C@@H]2CC[C@H]1C=C2c1ccccc1. The Labute approximate surface area is 222 Å². The fraction of sp³-hybridized carbons (Fsp3) is 0.483. The highest BCUT2D eigenvalue weighted by molar-refractivity contribution is 5.80.